The summed E-state index contributed by atoms with van der Waals surface area (Å²) < 4.78 is 49.9. The SMILES string of the molecule is C=CCNS(=O)(=O)c1cc(C(=O)Oc2ccc(C(=O)OC)cc2)ccc1F. The Morgan fingerprint density at radius 3 is 2.33 bits per heavy atom. The fraction of sp³-hybridized carbons (Fsp3) is 0.111. The first-order valence-corrected chi connectivity index (χ1v) is 9.07. The highest BCUT2D eigenvalue weighted by Crippen LogP contribution is 2.19. The summed E-state index contributed by atoms with van der Waals surface area (Å²) in [7, 11) is -2.92. The molecule has 0 saturated carbocycles. The number of halogens is 1. The predicted octanol–water partition coefficient (Wildman–Crippen LogP) is 2.30. The minimum absolute atomic E-state index is 0.0943. The second-order valence-corrected chi connectivity index (χ2v) is 6.93. The zero-order chi connectivity index (χ0) is 20.0. The van der Waals surface area contributed by atoms with Crippen LogP contribution in [-0.2, 0) is 14.8 Å². The molecule has 7 nitrogen and oxygen atoms in total. The Morgan fingerprint density at radius 1 is 1.11 bits per heavy atom. The maximum absolute atomic E-state index is 13.9. The second kappa shape index (κ2) is 8.56. The van der Waals surface area contributed by atoms with Gasteiger partial charge in [0.15, 0.2) is 0 Å². The van der Waals surface area contributed by atoms with E-state index in [1.165, 1.54) is 37.5 Å². The summed E-state index contributed by atoms with van der Waals surface area (Å²) in [5.74, 6) is -2.33. The van der Waals surface area contributed by atoms with E-state index in [9.17, 15) is 22.4 Å². The lowest BCUT2D eigenvalue weighted by molar-refractivity contribution is 0.0600. The average molecular weight is 393 g/mol. The van der Waals surface area contributed by atoms with Crippen LogP contribution in [0.1, 0.15) is 20.7 Å². The van der Waals surface area contributed by atoms with Crippen LogP contribution in [0.5, 0.6) is 5.75 Å². The van der Waals surface area contributed by atoms with Gasteiger partial charge in [0.25, 0.3) is 0 Å². The van der Waals surface area contributed by atoms with E-state index < -0.39 is 32.7 Å². The minimum Gasteiger partial charge on any atom is -0.465 e. The van der Waals surface area contributed by atoms with E-state index in [2.05, 4.69) is 16.0 Å². The first-order chi connectivity index (χ1) is 12.8. The second-order valence-electron chi connectivity index (χ2n) is 5.19. The number of ether oxygens (including phenoxy) is 2. The third-order valence-corrected chi connectivity index (χ3v) is 4.80. The van der Waals surface area contributed by atoms with Crippen LogP contribution in [0.2, 0.25) is 0 Å². The fourth-order valence-corrected chi connectivity index (χ4v) is 3.13. The largest absolute Gasteiger partial charge is 0.465 e. The molecule has 0 atom stereocenters. The van der Waals surface area contributed by atoms with Crippen LogP contribution in [0.3, 0.4) is 0 Å². The molecule has 142 valence electrons. The number of carbonyl (C=O) groups excluding carboxylic acids is 2. The molecule has 0 bridgehead atoms. The Kier molecular flexibility index (Phi) is 6.43. The molecule has 0 saturated heterocycles. The third-order valence-electron chi connectivity index (χ3n) is 3.36. The summed E-state index contributed by atoms with van der Waals surface area (Å²) in [4.78, 5) is 22.9. The van der Waals surface area contributed by atoms with Crippen LogP contribution in [-0.4, -0.2) is 34.0 Å². The van der Waals surface area contributed by atoms with E-state index in [1.807, 2.05) is 0 Å². The molecule has 2 aromatic rings. The molecule has 27 heavy (non-hydrogen) atoms. The maximum Gasteiger partial charge on any atom is 0.343 e. The molecule has 0 fully saturated rings. The van der Waals surface area contributed by atoms with Gasteiger partial charge in [0.05, 0.1) is 18.2 Å². The highest BCUT2D eigenvalue weighted by atomic mass is 32.2. The number of nitrogens with one attached hydrogen (secondary N) is 1. The van der Waals surface area contributed by atoms with Gasteiger partial charge in [-0.15, -0.1) is 6.58 Å². The predicted molar refractivity (Wildman–Crippen MR) is 94.5 cm³/mol. The molecule has 0 heterocycles. The summed E-state index contributed by atoms with van der Waals surface area (Å²) in [5, 5.41) is 0. The minimum atomic E-state index is -4.16. The van der Waals surface area contributed by atoms with Crippen molar-refractivity contribution in [2.75, 3.05) is 13.7 Å². The van der Waals surface area contributed by atoms with Gasteiger partial charge in [-0.05, 0) is 42.5 Å². The highest BCUT2D eigenvalue weighted by molar-refractivity contribution is 7.89. The summed E-state index contributed by atoms with van der Waals surface area (Å²) in [6, 6.07) is 8.38. The number of benzene rings is 2. The Hall–Kier alpha value is -3.04. The summed E-state index contributed by atoms with van der Waals surface area (Å²) in [5.41, 5.74) is 0.105. The molecule has 1 N–H and O–H groups in total. The molecule has 0 amide bonds. The first-order valence-electron chi connectivity index (χ1n) is 7.59. The molecule has 2 rings (SSSR count). The van der Waals surface area contributed by atoms with Crippen molar-refractivity contribution in [2.24, 2.45) is 0 Å². The van der Waals surface area contributed by atoms with Crippen LogP contribution >= 0.6 is 0 Å². The summed E-state index contributed by atoms with van der Waals surface area (Å²) in [6.07, 6.45) is 1.30. The van der Waals surface area contributed by atoms with Gasteiger partial charge in [0.1, 0.15) is 16.5 Å². The van der Waals surface area contributed by atoms with E-state index in [-0.39, 0.29) is 23.4 Å². The maximum atomic E-state index is 13.9. The number of sulfonamides is 1. The van der Waals surface area contributed by atoms with Crippen molar-refractivity contribution in [3.05, 3.63) is 72.1 Å². The Bertz CT molecular complexity index is 970. The summed E-state index contributed by atoms with van der Waals surface area (Å²) in [6.45, 7) is 3.28. The zero-order valence-corrected chi connectivity index (χ0v) is 15.1. The van der Waals surface area contributed by atoms with Gasteiger partial charge < -0.3 is 9.47 Å². The number of methoxy groups -OCH3 is 1. The zero-order valence-electron chi connectivity index (χ0n) is 14.3. The number of hydrogen-bond acceptors (Lipinski definition) is 6. The lowest BCUT2D eigenvalue weighted by atomic mass is 10.2. The van der Waals surface area contributed by atoms with Gasteiger partial charge in [-0.25, -0.2) is 27.1 Å². The normalized spacial score (nSPS) is 10.9. The number of esters is 2. The molecule has 0 aliphatic rings. The van der Waals surface area contributed by atoms with E-state index in [1.54, 1.807) is 0 Å². The van der Waals surface area contributed by atoms with Crippen LogP contribution in [0.25, 0.3) is 0 Å². The number of carbonyl (C=O) groups is 2. The van der Waals surface area contributed by atoms with Crippen molar-refractivity contribution < 1.29 is 31.9 Å². The molecule has 2 aromatic carbocycles. The standard InChI is InChI=1S/C18H16FNO6S/c1-3-10-20-27(23,24)16-11-13(6-9-15(16)19)18(22)26-14-7-4-12(5-8-14)17(21)25-2/h3-9,11,20H,1,10H2,2H3. The fourth-order valence-electron chi connectivity index (χ4n) is 2.03. The van der Waals surface area contributed by atoms with Crippen molar-refractivity contribution in [1.82, 2.24) is 4.72 Å². The molecule has 0 aliphatic heterocycles. The smallest absolute Gasteiger partial charge is 0.343 e. The van der Waals surface area contributed by atoms with Crippen molar-refractivity contribution in [1.29, 1.82) is 0 Å². The Labute approximate surface area is 155 Å². The summed E-state index contributed by atoms with van der Waals surface area (Å²) >= 11 is 0. The Morgan fingerprint density at radius 2 is 1.74 bits per heavy atom. The average Bonchev–Trinajstić information content (AvgIpc) is 2.66. The lowest BCUT2D eigenvalue weighted by Crippen LogP contribution is -2.25. The van der Waals surface area contributed by atoms with Gasteiger partial charge in [0.2, 0.25) is 10.0 Å². The third kappa shape index (κ3) is 4.99. The van der Waals surface area contributed by atoms with Crippen LogP contribution in [0, 0.1) is 5.82 Å². The molecule has 0 spiro atoms. The van der Waals surface area contributed by atoms with E-state index in [4.69, 9.17) is 4.74 Å². The van der Waals surface area contributed by atoms with Gasteiger partial charge in [0, 0.05) is 6.54 Å². The molecule has 9 heteroatoms. The lowest BCUT2D eigenvalue weighted by Gasteiger charge is -2.09. The van der Waals surface area contributed by atoms with E-state index in [0.717, 1.165) is 18.2 Å². The van der Waals surface area contributed by atoms with Crippen molar-refractivity contribution in [3.8, 4) is 5.75 Å². The van der Waals surface area contributed by atoms with Crippen molar-refractivity contribution >= 4 is 22.0 Å². The van der Waals surface area contributed by atoms with Crippen molar-refractivity contribution in [2.45, 2.75) is 4.90 Å². The monoisotopic (exact) mass is 393 g/mol. The molecular weight excluding hydrogens is 377 g/mol. The van der Waals surface area contributed by atoms with Gasteiger partial charge in [-0.2, -0.15) is 0 Å². The Balaban J connectivity index is 2.23. The molecule has 0 radical (unpaired) electrons. The molecule has 0 unspecified atom stereocenters. The van der Waals surface area contributed by atoms with Crippen LogP contribution < -0.4 is 9.46 Å². The topological polar surface area (TPSA) is 98.8 Å². The van der Waals surface area contributed by atoms with Crippen LogP contribution in [0.4, 0.5) is 4.39 Å². The number of hydrogen-bond donors (Lipinski definition) is 1. The van der Waals surface area contributed by atoms with Gasteiger partial charge in [-0.1, -0.05) is 6.08 Å². The van der Waals surface area contributed by atoms with Crippen LogP contribution in [0.15, 0.2) is 60.0 Å². The first kappa shape index (κ1) is 20.3. The molecule has 0 aliphatic carbocycles. The number of rotatable bonds is 7. The van der Waals surface area contributed by atoms with E-state index in [0.29, 0.717) is 0 Å². The molecular formula is C18H16FNO6S. The highest BCUT2D eigenvalue weighted by Gasteiger charge is 2.21. The quantitative estimate of drug-likeness (QED) is 0.440. The van der Waals surface area contributed by atoms with E-state index >= 15 is 0 Å². The molecule has 0 aromatic heterocycles. The van der Waals surface area contributed by atoms with Crippen molar-refractivity contribution in [3.63, 3.8) is 0 Å². The van der Waals surface area contributed by atoms with Gasteiger partial charge in [-0.3, -0.25) is 0 Å². The van der Waals surface area contributed by atoms with Gasteiger partial charge >= 0.3 is 11.9 Å².